The maximum absolute atomic E-state index is 13.1. The summed E-state index contributed by atoms with van der Waals surface area (Å²) in [6.07, 6.45) is 6.05. The predicted octanol–water partition coefficient (Wildman–Crippen LogP) is 1.75. The molecule has 2 unspecified atom stereocenters. The van der Waals surface area contributed by atoms with Crippen LogP contribution in [-0.4, -0.2) is 61.9 Å². The summed E-state index contributed by atoms with van der Waals surface area (Å²) in [5, 5.41) is 9.99. The molecule has 1 aromatic heterocycles. The van der Waals surface area contributed by atoms with E-state index in [-0.39, 0.29) is 29.0 Å². The van der Waals surface area contributed by atoms with Crippen molar-refractivity contribution in [3.63, 3.8) is 0 Å². The quantitative estimate of drug-likeness (QED) is 0.895. The maximum atomic E-state index is 13.1. The molecule has 2 fully saturated rings. The van der Waals surface area contributed by atoms with Crippen LogP contribution in [0.2, 0.25) is 0 Å². The van der Waals surface area contributed by atoms with Crippen LogP contribution in [0.3, 0.4) is 0 Å². The Morgan fingerprint density at radius 1 is 1.19 bits per heavy atom. The van der Waals surface area contributed by atoms with Crippen LogP contribution in [0.4, 0.5) is 0 Å². The summed E-state index contributed by atoms with van der Waals surface area (Å²) in [5.41, 5.74) is 0.254. The van der Waals surface area contributed by atoms with Crippen molar-refractivity contribution in [1.29, 1.82) is 0 Å². The Morgan fingerprint density at radius 2 is 2.00 bits per heavy atom. The standard InChI is InChI=1S/C20H24N4O3/c1-22-12-9-21-18(22)14-8-11-23(13-14)20(27)16-6-4-10-24(16)19(26)15-5-2-3-7-17(15)25/h2-3,5,7,9,12,14,16,25H,4,6,8,10-11,13H2,1H3. The summed E-state index contributed by atoms with van der Waals surface area (Å²) < 4.78 is 2.00. The third-order valence-corrected chi connectivity index (χ3v) is 5.66. The van der Waals surface area contributed by atoms with Gasteiger partial charge in [-0.3, -0.25) is 9.59 Å². The minimum Gasteiger partial charge on any atom is -0.507 e. The molecule has 2 aliphatic heterocycles. The largest absolute Gasteiger partial charge is 0.507 e. The van der Waals surface area contributed by atoms with Crippen LogP contribution in [0.15, 0.2) is 36.7 Å². The number of rotatable bonds is 3. The lowest BCUT2D eigenvalue weighted by Gasteiger charge is -2.28. The predicted molar refractivity (Wildman–Crippen MR) is 99.3 cm³/mol. The number of para-hydroxylation sites is 1. The van der Waals surface area contributed by atoms with Gasteiger partial charge in [-0.05, 0) is 31.4 Å². The third kappa shape index (κ3) is 3.18. The molecule has 2 aliphatic rings. The smallest absolute Gasteiger partial charge is 0.258 e. The average molecular weight is 368 g/mol. The number of aromatic nitrogens is 2. The van der Waals surface area contributed by atoms with E-state index in [0.29, 0.717) is 26.1 Å². The highest BCUT2D eigenvalue weighted by atomic mass is 16.3. The molecular weight excluding hydrogens is 344 g/mol. The number of phenolic OH excluding ortho intramolecular Hbond substituents is 1. The van der Waals surface area contributed by atoms with Gasteiger partial charge in [0.15, 0.2) is 0 Å². The van der Waals surface area contributed by atoms with Crippen LogP contribution in [0.1, 0.15) is 41.4 Å². The average Bonchev–Trinajstić information content (AvgIpc) is 3.41. The second-order valence-corrected chi connectivity index (χ2v) is 7.34. The maximum Gasteiger partial charge on any atom is 0.258 e. The fourth-order valence-electron chi connectivity index (χ4n) is 4.23. The second kappa shape index (κ2) is 7.06. The van der Waals surface area contributed by atoms with Crippen molar-refractivity contribution in [3.05, 3.63) is 48.0 Å². The number of aryl methyl sites for hydroxylation is 1. The Labute approximate surface area is 158 Å². The summed E-state index contributed by atoms with van der Waals surface area (Å²) in [6, 6.07) is 6.05. The molecule has 2 atom stereocenters. The second-order valence-electron chi connectivity index (χ2n) is 7.34. The summed E-state index contributed by atoms with van der Waals surface area (Å²) in [4.78, 5) is 33.9. The summed E-state index contributed by atoms with van der Waals surface area (Å²) in [6.45, 7) is 1.87. The van der Waals surface area contributed by atoms with Crippen LogP contribution in [0.25, 0.3) is 0 Å². The Morgan fingerprint density at radius 3 is 2.74 bits per heavy atom. The van der Waals surface area contributed by atoms with Crippen LogP contribution >= 0.6 is 0 Å². The molecule has 27 heavy (non-hydrogen) atoms. The number of amides is 2. The highest BCUT2D eigenvalue weighted by Gasteiger charge is 2.40. The molecule has 1 aromatic carbocycles. The summed E-state index contributed by atoms with van der Waals surface area (Å²) >= 11 is 0. The molecule has 4 rings (SSSR count). The number of likely N-dealkylation sites (tertiary alicyclic amines) is 2. The monoisotopic (exact) mass is 368 g/mol. The lowest BCUT2D eigenvalue weighted by Crippen LogP contribution is -2.47. The zero-order valence-electron chi connectivity index (χ0n) is 15.4. The number of benzene rings is 1. The molecule has 0 bridgehead atoms. The minimum atomic E-state index is -0.447. The molecular formula is C20H24N4O3. The van der Waals surface area contributed by atoms with E-state index in [1.165, 1.54) is 6.07 Å². The number of nitrogens with zero attached hydrogens (tertiary/aromatic N) is 4. The third-order valence-electron chi connectivity index (χ3n) is 5.66. The van der Waals surface area contributed by atoms with E-state index in [1.54, 1.807) is 29.3 Å². The van der Waals surface area contributed by atoms with Gasteiger partial charge in [-0.25, -0.2) is 4.98 Å². The van der Waals surface area contributed by atoms with E-state index in [1.807, 2.05) is 22.7 Å². The van der Waals surface area contributed by atoms with Crippen LogP contribution in [0.5, 0.6) is 5.75 Å². The Balaban J connectivity index is 1.48. The van der Waals surface area contributed by atoms with Gasteiger partial charge in [0.25, 0.3) is 5.91 Å². The molecule has 0 radical (unpaired) electrons. The zero-order chi connectivity index (χ0) is 19.0. The minimum absolute atomic E-state index is 0.00739. The van der Waals surface area contributed by atoms with Crippen molar-refractivity contribution < 1.29 is 14.7 Å². The van der Waals surface area contributed by atoms with Crippen LogP contribution in [-0.2, 0) is 11.8 Å². The van der Waals surface area contributed by atoms with Crippen molar-refractivity contribution >= 4 is 11.8 Å². The fourth-order valence-corrected chi connectivity index (χ4v) is 4.23. The van der Waals surface area contributed by atoms with Gasteiger partial charge >= 0.3 is 0 Å². The van der Waals surface area contributed by atoms with Crippen molar-refractivity contribution in [3.8, 4) is 5.75 Å². The topological polar surface area (TPSA) is 78.7 Å². The molecule has 2 aromatic rings. The van der Waals surface area contributed by atoms with Gasteiger partial charge in [-0.15, -0.1) is 0 Å². The first-order valence-corrected chi connectivity index (χ1v) is 9.41. The van der Waals surface area contributed by atoms with Crippen molar-refractivity contribution in [2.45, 2.75) is 31.2 Å². The van der Waals surface area contributed by atoms with Crippen molar-refractivity contribution in [2.24, 2.45) is 7.05 Å². The molecule has 142 valence electrons. The number of imidazole rings is 1. The molecule has 7 heteroatoms. The van der Waals surface area contributed by atoms with Gasteiger partial charge < -0.3 is 19.5 Å². The van der Waals surface area contributed by atoms with E-state index in [4.69, 9.17) is 0 Å². The van der Waals surface area contributed by atoms with Gasteiger partial charge in [0.2, 0.25) is 5.91 Å². The first kappa shape index (κ1) is 17.6. The first-order valence-electron chi connectivity index (χ1n) is 9.41. The molecule has 0 spiro atoms. The molecule has 3 heterocycles. The number of carbonyl (C=O) groups is 2. The summed E-state index contributed by atoms with van der Waals surface area (Å²) in [5.74, 6) is 0.921. The van der Waals surface area contributed by atoms with Crippen LogP contribution < -0.4 is 0 Å². The molecule has 2 amide bonds. The van der Waals surface area contributed by atoms with Gasteiger partial charge in [-0.1, -0.05) is 12.1 Å². The number of phenols is 1. The van der Waals surface area contributed by atoms with E-state index in [0.717, 1.165) is 18.7 Å². The number of carbonyl (C=O) groups excluding carboxylic acids is 2. The van der Waals surface area contributed by atoms with Gasteiger partial charge in [0.05, 0.1) is 5.56 Å². The van der Waals surface area contributed by atoms with E-state index in [2.05, 4.69) is 4.98 Å². The Bertz CT molecular complexity index is 862. The SMILES string of the molecule is Cn1ccnc1C1CCN(C(=O)C2CCCN2C(=O)c2ccccc2O)C1. The van der Waals surface area contributed by atoms with E-state index in [9.17, 15) is 14.7 Å². The van der Waals surface area contributed by atoms with Gasteiger partial charge in [0, 0.05) is 45.0 Å². The van der Waals surface area contributed by atoms with E-state index >= 15 is 0 Å². The van der Waals surface area contributed by atoms with Gasteiger partial charge in [0.1, 0.15) is 17.6 Å². The van der Waals surface area contributed by atoms with E-state index < -0.39 is 6.04 Å². The molecule has 1 N–H and O–H groups in total. The highest BCUT2D eigenvalue weighted by molar-refractivity contribution is 5.99. The zero-order valence-corrected chi connectivity index (χ0v) is 15.4. The van der Waals surface area contributed by atoms with Crippen LogP contribution in [0, 0.1) is 0 Å². The first-order chi connectivity index (χ1) is 13.1. The number of hydrogen-bond donors (Lipinski definition) is 1. The molecule has 0 saturated carbocycles. The molecule has 0 aliphatic carbocycles. The Kier molecular flexibility index (Phi) is 4.59. The lowest BCUT2D eigenvalue weighted by atomic mass is 10.1. The Hall–Kier alpha value is -2.83. The van der Waals surface area contributed by atoms with Gasteiger partial charge in [-0.2, -0.15) is 0 Å². The molecule has 7 nitrogen and oxygen atoms in total. The number of hydrogen-bond acceptors (Lipinski definition) is 4. The molecule has 2 saturated heterocycles. The van der Waals surface area contributed by atoms with Crippen molar-refractivity contribution in [1.82, 2.24) is 19.4 Å². The normalized spacial score (nSPS) is 22.4. The lowest BCUT2D eigenvalue weighted by molar-refractivity contribution is -0.134. The fraction of sp³-hybridized carbons (Fsp3) is 0.450. The highest BCUT2D eigenvalue weighted by Crippen LogP contribution is 2.30. The van der Waals surface area contributed by atoms with Crippen molar-refractivity contribution in [2.75, 3.05) is 19.6 Å². The summed E-state index contributed by atoms with van der Waals surface area (Å²) in [7, 11) is 1.97. The number of aromatic hydroxyl groups is 1.